The summed E-state index contributed by atoms with van der Waals surface area (Å²) >= 11 is 0.938. The van der Waals surface area contributed by atoms with E-state index in [-0.39, 0.29) is 17.8 Å². The Kier molecular flexibility index (Phi) is 9.86. The van der Waals surface area contributed by atoms with Gasteiger partial charge in [-0.3, -0.25) is 14.9 Å². The molecule has 2 atom stereocenters. The molecule has 1 heterocycles. The van der Waals surface area contributed by atoms with Gasteiger partial charge in [-0.2, -0.15) is 0 Å². The number of rotatable bonds is 14. The van der Waals surface area contributed by atoms with Crippen molar-refractivity contribution in [3.63, 3.8) is 0 Å². The van der Waals surface area contributed by atoms with E-state index < -0.39 is 11.5 Å². The fourth-order valence-electron chi connectivity index (χ4n) is 3.09. The monoisotopic (exact) mass is 473 g/mol. The molecule has 2 aromatic rings. The Morgan fingerprint density at radius 1 is 1.06 bits per heavy atom. The topological polar surface area (TPSA) is 109 Å². The lowest BCUT2D eigenvalue weighted by atomic mass is 10.1. The van der Waals surface area contributed by atoms with Crippen molar-refractivity contribution in [3.05, 3.63) is 54.1 Å². The lowest BCUT2D eigenvalue weighted by Crippen LogP contribution is -2.32. The summed E-state index contributed by atoms with van der Waals surface area (Å²) in [6.07, 6.45) is 2.31. The average Bonchev–Trinajstić information content (AvgIpc) is 3.13. The fraction of sp³-hybridized carbons (Fsp3) is 0.417. The number of unbranched alkanes of at least 4 members (excludes halogenated alkanes) is 1. The van der Waals surface area contributed by atoms with E-state index in [1.54, 1.807) is 0 Å². The van der Waals surface area contributed by atoms with E-state index in [2.05, 4.69) is 22.9 Å². The molecule has 0 radical (unpaired) electrons. The molecule has 0 saturated carbocycles. The van der Waals surface area contributed by atoms with Gasteiger partial charge in [-0.05, 0) is 73.1 Å². The second-order valence-corrected chi connectivity index (χ2v) is 8.79. The van der Waals surface area contributed by atoms with Crippen molar-refractivity contribution in [3.8, 4) is 11.5 Å². The van der Waals surface area contributed by atoms with Gasteiger partial charge in [0.25, 0.3) is 11.1 Å². The Balaban J connectivity index is 1.29. The average molecular weight is 474 g/mol. The summed E-state index contributed by atoms with van der Waals surface area (Å²) in [4.78, 5) is 22.8. The van der Waals surface area contributed by atoms with Gasteiger partial charge in [0, 0.05) is 12.2 Å². The maximum atomic E-state index is 11.6. The zero-order valence-corrected chi connectivity index (χ0v) is 19.5. The number of carbonyl (C=O) groups excluding carboxylic acids is 2. The quantitative estimate of drug-likeness (QED) is 0.310. The molecule has 0 spiro atoms. The summed E-state index contributed by atoms with van der Waals surface area (Å²) in [5.41, 5.74) is 1.90. The lowest BCUT2D eigenvalue weighted by molar-refractivity contribution is -0.118. The largest absolute Gasteiger partial charge is 0.494 e. The molecule has 33 heavy (non-hydrogen) atoms. The minimum atomic E-state index is -0.616. The minimum Gasteiger partial charge on any atom is -0.494 e. The summed E-state index contributed by atoms with van der Waals surface area (Å²) < 4.78 is 11.3. The van der Waals surface area contributed by atoms with Crippen molar-refractivity contribution in [1.29, 1.82) is 0 Å². The van der Waals surface area contributed by atoms with Crippen LogP contribution in [0.15, 0.2) is 48.5 Å². The van der Waals surface area contributed by atoms with E-state index in [1.165, 1.54) is 0 Å². The smallest absolute Gasteiger partial charge is 0.288 e. The van der Waals surface area contributed by atoms with E-state index in [0.29, 0.717) is 25.4 Å². The summed E-state index contributed by atoms with van der Waals surface area (Å²) in [6, 6.07) is 15.1. The van der Waals surface area contributed by atoms with Crippen LogP contribution in [0, 0.1) is 0 Å². The number of aliphatic hydroxyl groups is 1. The number of hydrogen-bond acceptors (Lipinski definition) is 8. The number of anilines is 1. The molecule has 9 heteroatoms. The molecular formula is C24H31N3O5S. The highest BCUT2D eigenvalue weighted by atomic mass is 32.2. The zero-order valence-electron chi connectivity index (χ0n) is 18.7. The first-order valence-electron chi connectivity index (χ1n) is 11.1. The van der Waals surface area contributed by atoms with Gasteiger partial charge in [-0.1, -0.05) is 25.5 Å². The number of imide groups is 1. The first-order valence-corrected chi connectivity index (χ1v) is 12.0. The Labute approximate surface area is 198 Å². The Morgan fingerprint density at radius 3 is 2.39 bits per heavy atom. The molecular weight excluding hydrogens is 442 g/mol. The van der Waals surface area contributed by atoms with Crippen LogP contribution in [0.25, 0.3) is 0 Å². The molecule has 2 aromatic carbocycles. The molecule has 1 aliphatic heterocycles. The van der Waals surface area contributed by atoms with Crippen LogP contribution in [0.1, 0.15) is 25.3 Å². The summed E-state index contributed by atoms with van der Waals surface area (Å²) in [5.74, 6) is 1.19. The van der Waals surface area contributed by atoms with E-state index in [9.17, 15) is 14.7 Å². The third kappa shape index (κ3) is 8.60. The Hall–Kier alpha value is -2.75. The number of carbonyl (C=O) groups is 2. The first kappa shape index (κ1) is 24.9. The number of nitrogens with one attached hydrogen (secondary N) is 3. The molecule has 1 saturated heterocycles. The number of ether oxygens (including phenoxy) is 2. The third-order valence-corrected chi connectivity index (χ3v) is 5.83. The molecule has 4 N–H and O–H groups in total. The van der Waals surface area contributed by atoms with Crippen LogP contribution in [0.5, 0.6) is 11.5 Å². The summed E-state index contributed by atoms with van der Waals surface area (Å²) in [5, 5.41) is 17.7. The molecule has 0 aromatic heterocycles. The normalized spacial score (nSPS) is 16.4. The molecule has 1 unspecified atom stereocenters. The highest BCUT2D eigenvalue weighted by molar-refractivity contribution is 8.15. The number of thioether (sulfide) groups is 1. The van der Waals surface area contributed by atoms with Gasteiger partial charge in [0.15, 0.2) is 5.37 Å². The highest BCUT2D eigenvalue weighted by Gasteiger charge is 2.31. The van der Waals surface area contributed by atoms with E-state index >= 15 is 0 Å². The molecule has 0 aliphatic carbocycles. The third-order valence-electron chi connectivity index (χ3n) is 4.94. The maximum Gasteiger partial charge on any atom is 0.288 e. The van der Waals surface area contributed by atoms with Crippen molar-refractivity contribution in [1.82, 2.24) is 10.6 Å². The van der Waals surface area contributed by atoms with Gasteiger partial charge in [-0.25, -0.2) is 0 Å². The van der Waals surface area contributed by atoms with Gasteiger partial charge in [0.05, 0.1) is 6.61 Å². The van der Waals surface area contributed by atoms with Crippen LogP contribution in [-0.2, 0) is 11.2 Å². The Morgan fingerprint density at radius 2 is 1.76 bits per heavy atom. The number of benzene rings is 2. The summed E-state index contributed by atoms with van der Waals surface area (Å²) in [7, 11) is 0. The van der Waals surface area contributed by atoms with Gasteiger partial charge >= 0.3 is 0 Å². The maximum absolute atomic E-state index is 11.6. The van der Waals surface area contributed by atoms with Gasteiger partial charge in [0.1, 0.15) is 24.2 Å². The summed E-state index contributed by atoms with van der Waals surface area (Å²) in [6.45, 7) is 4.19. The van der Waals surface area contributed by atoms with Gasteiger partial charge in [0.2, 0.25) is 0 Å². The standard InChI is InChI=1S/C24H31N3O5S/c1-2-3-14-31-20-8-10-21(11-9-20)32-16-19(28)15-25-13-12-17-4-6-18(7-5-17)26-23-22(29)27-24(30)33-23/h4-11,19,23,25-26,28H,2-3,12-16H2,1H3,(H,27,29,30)/t19-,23?/m0/s1. The van der Waals surface area contributed by atoms with Crippen LogP contribution in [0.3, 0.4) is 0 Å². The molecule has 2 amide bonds. The van der Waals surface area contributed by atoms with Gasteiger partial charge in [-0.15, -0.1) is 0 Å². The minimum absolute atomic E-state index is 0.207. The van der Waals surface area contributed by atoms with Crippen molar-refractivity contribution in [2.24, 2.45) is 0 Å². The number of hydrogen-bond donors (Lipinski definition) is 4. The second kappa shape index (κ2) is 13.1. The second-order valence-electron chi connectivity index (χ2n) is 7.71. The van der Waals surface area contributed by atoms with Crippen molar-refractivity contribution < 1.29 is 24.2 Å². The molecule has 8 nitrogen and oxygen atoms in total. The molecule has 1 fully saturated rings. The van der Waals surface area contributed by atoms with E-state index in [0.717, 1.165) is 48.0 Å². The zero-order chi connectivity index (χ0) is 23.5. The number of amides is 2. The van der Waals surface area contributed by atoms with Crippen LogP contribution < -0.4 is 25.4 Å². The molecule has 3 rings (SSSR count). The first-order chi connectivity index (χ1) is 16.0. The van der Waals surface area contributed by atoms with Crippen molar-refractivity contribution >= 4 is 28.6 Å². The SMILES string of the molecule is CCCCOc1ccc(OC[C@@H](O)CNCCc2ccc(NC3SC(=O)NC3=O)cc2)cc1. The Bertz CT molecular complexity index is 892. The van der Waals surface area contributed by atoms with Crippen LogP contribution in [-0.4, -0.2) is 54.0 Å². The molecule has 0 bridgehead atoms. The lowest BCUT2D eigenvalue weighted by Gasteiger charge is -2.14. The predicted octanol–water partition coefficient (Wildman–Crippen LogP) is 3.16. The van der Waals surface area contributed by atoms with Crippen LogP contribution >= 0.6 is 11.8 Å². The highest BCUT2D eigenvalue weighted by Crippen LogP contribution is 2.22. The molecule has 178 valence electrons. The fourth-order valence-corrected chi connectivity index (χ4v) is 3.82. The van der Waals surface area contributed by atoms with Crippen LogP contribution in [0.4, 0.5) is 10.5 Å². The van der Waals surface area contributed by atoms with E-state index in [1.807, 2.05) is 48.5 Å². The predicted molar refractivity (Wildman–Crippen MR) is 130 cm³/mol. The van der Waals surface area contributed by atoms with Crippen molar-refractivity contribution in [2.45, 2.75) is 37.7 Å². The van der Waals surface area contributed by atoms with Crippen molar-refractivity contribution in [2.75, 3.05) is 31.6 Å². The van der Waals surface area contributed by atoms with Crippen LogP contribution in [0.2, 0.25) is 0 Å². The number of aliphatic hydroxyl groups excluding tert-OH is 1. The van der Waals surface area contributed by atoms with Gasteiger partial charge < -0.3 is 25.2 Å². The van der Waals surface area contributed by atoms with E-state index in [4.69, 9.17) is 9.47 Å². The molecule has 1 aliphatic rings.